The summed E-state index contributed by atoms with van der Waals surface area (Å²) < 4.78 is 42.4. The Morgan fingerprint density at radius 1 is 1.19 bits per heavy atom. The first-order valence-electron chi connectivity index (χ1n) is 4.86. The van der Waals surface area contributed by atoms with Crippen molar-refractivity contribution < 1.29 is 69.1 Å². The summed E-state index contributed by atoms with van der Waals surface area (Å²) in [7, 11) is 0. The van der Waals surface area contributed by atoms with Gasteiger partial charge in [-0.15, -0.1) is 5.46 Å². The number of hydrogen-bond acceptors (Lipinski definition) is 1. The fraction of sp³-hybridized carbons (Fsp3) is 0.400. The summed E-state index contributed by atoms with van der Waals surface area (Å²) in [5.41, 5.74) is -0.115. The molecule has 1 aromatic rings. The maximum Gasteiger partial charge on any atom is 1.00 e. The predicted molar refractivity (Wildman–Crippen MR) is 53.1 cm³/mol. The molecule has 0 aromatic heterocycles. The summed E-state index contributed by atoms with van der Waals surface area (Å²) in [5, 5.41) is 0. The minimum Gasteiger partial charge on any atom is -0.445 e. The molecule has 1 fully saturated rings. The summed E-state index contributed by atoms with van der Waals surface area (Å²) >= 11 is 0. The Kier molecular flexibility index (Phi) is 4.71. The van der Waals surface area contributed by atoms with E-state index in [1.807, 2.05) is 6.92 Å². The van der Waals surface area contributed by atoms with Crippen LogP contribution in [-0.4, -0.2) is 13.6 Å². The van der Waals surface area contributed by atoms with Crippen molar-refractivity contribution in [2.45, 2.75) is 18.9 Å². The molecule has 0 N–H and O–H groups in total. The molecule has 1 saturated heterocycles. The fourth-order valence-corrected chi connectivity index (χ4v) is 1.69. The van der Waals surface area contributed by atoms with Gasteiger partial charge in [-0.05, 0) is 12.5 Å². The molecule has 82 valence electrons. The summed E-state index contributed by atoms with van der Waals surface area (Å²) in [6.45, 7) is -2.31. The van der Waals surface area contributed by atoms with E-state index in [4.69, 9.17) is 4.74 Å². The molecule has 0 bridgehead atoms. The number of halogens is 3. The minimum absolute atomic E-state index is 0. The Morgan fingerprint density at radius 2 is 1.69 bits per heavy atom. The van der Waals surface area contributed by atoms with Gasteiger partial charge < -0.3 is 17.7 Å². The van der Waals surface area contributed by atoms with Gasteiger partial charge in [0.05, 0.1) is 12.2 Å². The molecule has 1 aliphatic heterocycles. The molecule has 1 atom stereocenters. The van der Waals surface area contributed by atoms with Gasteiger partial charge in [-0.25, -0.2) is 0 Å². The third-order valence-electron chi connectivity index (χ3n) is 2.90. The number of hydrogen-bond donors (Lipinski definition) is 0. The SMILES string of the molecule is CC1(c2ccc([B-](F)(F)F)cc2)CCO1.[K+]. The molecule has 1 aliphatic rings. The van der Waals surface area contributed by atoms with E-state index in [0.717, 1.165) is 24.1 Å². The van der Waals surface area contributed by atoms with Crippen LogP contribution in [-0.2, 0) is 10.3 Å². The third kappa shape index (κ3) is 2.91. The summed E-state index contributed by atoms with van der Waals surface area (Å²) in [5.74, 6) is 0. The van der Waals surface area contributed by atoms with Crippen molar-refractivity contribution in [1.29, 1.82) is 0 Å². The zero-order chi connectivity index (χ0) is 11.1. The number of rotatable bonds is 2. The monoisotopic (exact) mass is 254 g/mol. The summed E-state index contributed by atoms with van der Waals surface area (Å²) in [6, 6.07) is 5.26. The minimum atomic E-state index is -4.89. The van der Waals surface area contributed by atoms with Gasteiger partial charge in [-0.3, -0.25) is 0 Å². The van der Waals surface area contributed by atoms with Gasteiger partial charge in [0, 0.05) is 6.42 Å². The van der Waals surface area contributed by atoms with E-state index in [2.05, 4.69) is 0 Å². The molecule has 0 radical (unpaired) electrons. The van der Waals surface area contributed by atoms with Gasteiger partial charge in [0.25, 0.3) is 0 Å². The Labute approximate surface area is 135 Å². The molecule has 1 unspecified atom stereocenters. The molecule has 1 aromatic carbocycles. The van der Waals surface area contributed by atoms with Crippen LogP contribution in [0.3, 0.4) is 0 Å². The van der Waals surface area contributed by atoms with Crippen molar-refractivity contribution in [2.75, 3.05) is 6.61 Å². The zero-order valence-electron chi connectivity index (χ0n) is 9.34. The third-order valence-corrected chi connectivity index (χ3v) is 2.90. The zero-order valence-corrected chi connectivity index (χ0v) is 12.5. The van der Waals surface area contributed by atoms with Crippen LogP contribution in [0.15, 0.2) is 24.3 Å². The van der Waals surface area contributed by atoms with E-state index in [9.17, 15) is 12.9 Å². The van der Waals surface area contributed by atoms with E-state index in [0.29, 0.717) is 6.61 Å². The fourth-order valence-electron chi connectivity index (χ4n) is 1.69. The van der Waals surface area contributed by atoms with Crippen molar-refractivity contribution in [1.82, 2.24) is 0 Å². The summed E-state index contributed by atoms with van der Waals surface area (Å²) in [6.07, 6.45) is 0.865. The van der Waals surface area contributed by atoms with Crippen LogP contribution in [0.4, 0.5) is 12.9 Å². The van der Waals surface area contributed by atoms with Crippen LogP contribution < -0.4 is 56.8 Å². The average Bonchev–Trinajstić information content (AvgIpc) is 2.13. The van der Waals surface area contributed by atoms with E-state index < -0.39 is 12.4 Å². The van der Waals surface area contributed by atoms with E-state index in [1.54, 1.807) is 0 Å². The van der Waals surface area contributed by atoms with Crippen LogP contribution in [0.1, 0.15) is 18.9 Å². The molecule has 0 saturated carbocycles. The Balaban J connectivity index is 0.00000128. The largest absolute Gasteiger partial charge is 1.00 e. The summed E-state index contributed by atoms with van der Waals surface area (Å²) in [4.78, 5) is 0. The molecule has 2 rings (SSSR count). The van der Waals surface area contributed by atoms with Crippen molar-refractivity contribution >= 4 is 12.4 Å². The maximum absolute atomic E-state index is 12.3. The van der Waals surface area contributed by atoms with Gasteiger partial charge in [0.2, 0.25) is 0 Å². The van der Waals surface area contributed by atoms with Crippen molar-refractivity contribution in [3.05, 3.63) is 29.8 Å². The average molecular weight is 254 g/mol. The van der Waals surface area contributed by atoms with Gasteiger partial charge in [-0.2, -0.15) is 0 Å². The van der Waals surface area contributed by atoms with E-state index in [1.165, 1.54) is 12.1 Å². The van der Waals surface area contributed by atoms with Gasteiger partial charge in [-0.1, -0.05) is 24.3 Å². The molecular formula is C10H11BF3KO. The van der Waals surface area contributed by atoms with E-state index >= 15 is 0 Å². The first kappa shape index (κ1) is 14.7. The first-order valence-corrected chi connectivity index (χ1v) is 4.86. The van der Waals surface area contributed by atoms with E-state index in [-0.39, 0.29) is 57.0 Å². The molecule has 0 aliphatic carbocycles. The van der Waals surface area contributed by atoms with Gasteiger partial charge >= 0.3 is 58.4 Å². The molecule has 0 amide bonds. The van der Waals surface area contributed by atoms with Gasteiger partial charge in [0.1, 0.15) is 0 Å². The van der Waals surface area contributed by atoms with Crippen molar-refractivity contribution in [3.63, 3.8) is 0 Å². The van der Waals surface area contributed by atoms with Crippen LogP contribution in [0.5, 0.6) is 0 Å². The molecule has 1 nitrogen and oxygen atoms in total. The normalized spacial score (nSPS) is 24.5. The Bertz CT molecular complexity index is 359. The number of benzene rings is 1. The molecule has 16 heavy (non-hydrogen) atoms. The van der Waals surface area contributed by atoms with Crippen molar-refractivity contribution in [2.24, 2.45) is 0 Å². The molecule has 6 heteroatoms. The second-order valence-corrected chi connectivity index (χ2v) is 4.03. The maximum atomic E-state index is 12.3. The molecule has 1 heterocycles. The van der Waals surface area contributed by atoms with Gasteiger partial charge in [0.15, 0.2) is 0 Å². The van der Waals surface area contributed by atoms with Crippen LogP contribution in [0.2, 0.25) is 0 Å². The van der Waals surface area contributed by atoms with Crippen molar-refractivity contribution in [3.8, 4) is 0 Å². The molecule has 0 spiro atoms. The van der Waals surface area contributed by atoms with Crippen LogP contribution in [0, 0.1) is 0 Å². The second-order valence-electron chi connectivity index (χ2n) is 4.03. The number of ether oxygens (including phenoxy) is 1. The van der Waals surface area contributed by atoms with Crippen LogP contribution in [0.25, 0.3) is 0 Å². The Hall–Kier alpha value is 0.671. The first-order chi connectivity index (χ1) is 6.92. The van der Waals surface area contributed by atoms with Crippen LogP contribution >= 0.6 is 0 Å². The smallest absolute Gasteiger partial charge is 0.445 e. The Morgan fingerprint density at radius 3 is 2.00 bits per heavy atom. The second kappa shape index (κ2) is 5.12. The predicted octanol–water partition coefficient (Wildman–Crippen LogP) is -0.620. The standard InChI is InChI=1S/C10H11BF3O.K/c1-10(6-7-15-10)8-2-4-9(5-3-8)11(12,13)14;/h2-5H,6-7H2,1H3;/q-1;+1. The quantitative estimate of drug-likeness (QED) is 0.639. The topological polar surface area (TPSA) is 9.23 Å². The molecular weight excluding hydrogens is 243 g/mol.